The molecule has 1 aromatic rings. The number of piperidine rings is 1. The lowest BCUT2D eigenvalue weighted by Crippen LogP contribution is -2.57. The number of hydrogen-bond donors (Lipinski definition) is 2. The van der Waals surface area contributed by atoms with Crippen LogP contribution in [0, 0.1) is 11.8 Å². The van der Waals surface area contributed by atoms with E-state index in [-0.39, 0.29) is 11.4 Å². The molecule has 6 nitrogen and oxygen atoms in total. The number of hydrogen-bond acceptors (Lipinski definition) is 3. The van der Waals surface area contributed by atoms with Crippen molar-refractivity contribution >= 4 is 11.9 Å². The maximum atomic E-state index is 12.0. The molecule has 168 valence electrons. The zero-order valence-electron chi connectivity index (χ0n) is 20.0. The first-order valence-electron chi connectivity index (χ1n) is 11.2. The lowest BCUT2D eigenvalue weighted by Gasteiger charge is -2.45. The number of rotatable bonds is 7. The SMILES string of the molecule is CCNC(=NCc1ccc(C(=O)N(C)C)cc1)NCC(C)(C)N1CC(C)CC(C)C1. The van der Waals surface area contributed by atoms with Crippen LogP contribution < -0.4 is 10.6 Å². The van der Waals surface area contributed by atoms with Crippen molar-refractivity contribution in [2.75, 3.05) is 40.3 Å². The van der Waals surface area contributed by atoms with E-state index in [4.69, 9.17) is 4.99 Å². The average molecular weight is 416 g/mol. The Kier molecular flexibility index (Phi) is 8.71. The molecule has 2 unspecified atom stereocenters. The minimum absolute atomic E-state index is 0.0173. The fraction of sp³-hybridized carbons (Fsp3) is 0.667. The van der Waals surface area contributed by atoms with Gasteiger partial charge in [-0.1, -0.05) is 26.0 Å². The van der Waals surface area contributed by atoms with Gasteiger partial charge in [-0.15, -0.1) is 0 Å². The molecule has 2 N–H and O–H groups in total. The van der Waals surface area contributed by atoms with Crippen LogP contribution in [0.5, 0.6) is 0 Å². The van der Waals surface area contributed by atoms with Crippen molar-refractivity contribution < 1.29 is 4.79 Å². The van der Waals surface area contributed by atoms with Gasteiger partial charge < -0.3 is 15.5 Å². The predicted octanol–water partition coefficient (Wildman–Crippen LogP) is 3.20. The maximum Gasteiger partial charge on any atom is 0.253 e. The largest absolute Gasteiger partial charge is 0.357 e. The highest BCUT2D eigenvalue weighted by molar-refractivity contribution is 5.93. The summed E-state index contributed by atoms with van der Waals surface area (Å²) in [6, 6.07) is 7.69. The Morgan fingerprint density at radius 1 is 1.13 bits per heavy atom. The van der Waals surface area contributed by atoms with Crippen molar-refractivity contribution in [3.05, 3.63) is 35.4 Å². The van der Waals surface area contributed by atoms with Gasteiger partial charge in [-0.2, -0.15) is 0 Å². The van der Waals surface area contributed by atoms with Gasteiger partial charge in [-0.05, 0) is 56.7 Å². The Balaban J connectivity index is 1.97. The standard InChI is InChI=1S/C24H41N5O/c1-8-25-23(26-14-20-9-11-21(12-10-20)22(30)28(6)7)27-17-24(4,5)29-15-18(2)13-19(3)16-29/h9-12,18-19H,8,13-17H2,1-7H3,(H2,25,26,27). The minimum atomic E-state index is 0.0173. The second kappa shape index (κ2) is 10.8. The Hall–Kier alpha value is -2.08. The molecular weight excluding hydrogens is 374 g/mol. The van der Waals surface area contributed by atoms with Gasteiger partial charge in [0.2, 0.25) is 0 Å². The van der Waals surface area contributed by atoms with Crippen molar-refractivity contribution in [2.45, 2.75) is 53.1 Å². The molecule has 2 rings (SSSR count). The molecule has 2 atom stereocenters. The van der Waals surface area contributed by atoms with E-state index in [2.05, 4.69) is 50.2 Å². The number of nitrogens with zero attached hydrogens (tertiary/aromatic N) is 3. The van der Waals surface area contributed by atoms with Crippen molar-refractivity contribution in [1.82, 2.24) is 20.4 Å². The Morgan fingerprint density at radius 3 is 2.27 bits per heavy atom. The molecule has 1 saturated heterocycles. The molecule has 1 aliphatic heterocycles. The molecule has 0 aliphatic carbocycles. The molecule has 1 fully saturated rings. The number of carbonyl (C=O) groups is 1. The van der Waals surface area contributed by atoms with E-state index in [1.54, 1.807) is 19.0 Å². The van der Waals surface area contributed by atoms with Crippen LogP contribution in [0.1, 0.15) is 57.0 Å². The first-order valence-corrected chi connectivity index (χ1v) is 11.2. The zero-order valence-corrected chi connectivity index (χ0v) is 20.0. The first kappa shape index (κ1) is 24.2. The second-order valence-corrected chi connectivity index (χ2v) is 9.61. The van der Waals surface area contributed by atoms with Crippen LogP contribution in [-0.4, -0.2) is 67.5 Å². The summed E-state index contributed by atoms with van der Waals surface area (Å²) in [7, 11) is 3.53. The summed E-state index contributed by atoms with van der Waals surface area (Å²) in [5, 5.41) is 6.89. The number of guanidine groups is 1. The minimum Gasteiger partial charge on any atom is -0.357 e. The van der Waals surface area contributed by atoms with E-state index >= 15 is 0 Å². The van der Waals surface area contributed by atoms with Crippen molar-refractivity contribution in [2.24, 2.45) is 16.8 Å². The molecule has 0 spiro atoms. The smallest absolute Gasteiger partial charge is 0.253 e. The van der Waals surface area contributed by atoms with Crippen LogP contribution in [0.3, 0.4) is 0 Å². The van der Waals surface area contributed by atoms with E-state index in [0.717, 1.165) is 49.5 Å². The molecule has 6 heteroatoms. The number of amides is 1. The molecule has 1 aromatic carbocycles. The maximum absolute atomic E-state index is 12.0. The van der Waals surface area contributed by atoms with Crippen LogP contribution in [0.4, 0.5) is 0 Å². The molecule has 0 aromatic heterocycles. The van der Waals surface area contributed by atoms with Gasteiger partial charge in [0, 0.05) is 51.4 Å². The topological polar surface area (TPSA) is 60.0 Å². The van der Waals surface area contributed by atoms with E-state index in [0.29, 0.717) is 12.1 Å². The van der Waals surface area contributed by atoms with Gasteiger partial charge in [-0.3, -0.25) is 9.69 Å². The highest BCUT2D eigenvalue weighted by atomic mass is 16.2. The highest BCUT2D eigenvalue weighted by Crippen LogP contribution is 2.26. The number of nitrogens with one attached hydrogen (secondary N) is 2. The first-order chi connectivity index (χ1) is 14.1. The summed E-state index contributed by atoms with van der Waals surface area (Å²) in [6.45, 7) is 16.0. The fourth-order valence-electron chi connectivity index (χ4n) is 4.09. The number of likely N-dealkylation sites (tertiary alicyclic amines) is 1. The molecule has 0 saturated carbocycles. The lowest BCUT2D eigenvalue weighted by molar-refractivity contribution is 0.0483. The van der Waals surface area contributed by atoms with Crippen LogP contribution in [-0.2, 0) is 6.54 Å². The van der Waals surface area contributed by atoms with Crippen LogP contribution in [0.25, 0.3) is 0 Å². The van der Waals surface area contributed by atoms with Crippen molar-refractivity contribution in [3.8, 4) is 0 Å². The summed E-state index contributed by atoms with van der Waals surface area (Å²) in [5.74, 6) is 2.34. The van der Waals surface area contributed by atoms with Gasteiger partial charge in [-0.25, -0.2) is 4.99 Å². The van der Waals surface area contributed by atoms with E-state index in [1.807, 2.05) is 24.3 Å². The summed E-state index contributed by atoms with van der Waals surface area (Å²) in [4.78, 5) is 21.0. The van der Waals surface area contributed by atoms with Gasteiger partial charge >= 0.3 is 0 Å². The van der Waals surface area contributed by atoms with Crippen LogP contribution in [0.2, 0.25) is 0 Å². The zero-order chi connectivity index (χ0) is 22.3. The molecule has 1 amide bonds. The van der Waals surface area contributed by atoms with Gasteiger partial charge in [0.1, 0.15) is 0 Å². The Morgan fingerprint density at radius 2 is 1.73 bits per heavy atom. The number of carbonyl (C=O) groups excluding carboxylic acids is 1. The van der Waals surface area contributed by atoms with Gasteiger partial charge in [0.25, 0.3) is 5.91 Å². The van der Waals surface area contributed by atoms with E-state index in [9.17, 15) is 4.79 Å². The molecule has 1 aliphatic rings. The van der Waals surface area contributed by atoms with E-state index in [1.165, 1.54) is 6.42 Å². The predicted molar refractivity (Wildman–Crippen MR) is 126 cm³/mol. The number of aliphatic imine (C=N–C) groups is 1. The van der Waals surface area contributed by atoms with Crippen molar-refractivity contribution in [1.29, 1.82) is 0 Å². The molecule has 0 bridgehead atoms. The van der Waals surface area contributed by atoms with Crippen LogP contribution in [0.15, 0.2) is 29.3 Å². The highest BCUT2D eigenvalue weighted by Gasteiger charge is 2.32. The molecule has 30 heavy (non-hydrogen) atoms. The second-order valence-electron chi connectivity index (χ2n) is 9.61. The third-order valence-corrected chi connectivity index (χ3v) is 5.78. The van der Waals surface area contributed by atoms with Crippen molar-refractivity contribution in [3.63, 3.8) is 0 Å². The van der Waals surface area contributed by atoms with Gasteiger partial charge in [0.15, 0.2) is 5.96 Å². The normalized spacial score (nSPS) is 20.7. The number of benzene rings is 1. The van der Waals surface area contributed by atoms with E-state index < -0.39 is 0 Å². The summed E-state index contributed by atoms with van der Waals surface area (Å²) in [6.07, 6.45) is 1.32. The lowest BCUT2D eigenvalue weighted by atomic mass is 9.88. The Bertz CT molecular complexity index is 701. The summed E-state index contributed by atoms with van der Waals surface area (Å²) >= 11 is 0. The molecular formula is C24H41N5O. The quantitative estimate of drug-likeness (QED) is 0.530. The fourth-order valence-corrected chi connectivity index (χ4v) is 4.09. The molecule has 0 radical (unpaired) electrons. The molecule has 1 heterocycles. The third kappa shape index (κ3) is 7.01. The average Bonchev–Trinajstić information content (AvgIpc) is 2.69. The van der Waals surface area contributed by atoms with Crippen LogP contribution >= 0.6 is 0 Å². The summed E-state index contributed by atoms with van der Waals surface area (Å²) < 4.78 is 0. The Labute approximate surface area is 183 Å². The monoisotopic (exact) mass is 415 g/mol. The third-order valence-electron chi connectivity index (χ3n) is 5.78. The summed E-state index contributed by atoms with van der Waals surface area (Å²) in [5.41, 5.74) is 1.85. The van der Waals surface area contributed by atoms with Gasteiger partial charge in [0.05, 0.1) is 6.54 Å².